The van der Waals surface area contributed by atoms with Crippen LogP contribution >= 0.6 is 0 Å². The summed E-state index contributed by atoms with van der Waals surface area (Å²) < 4.78 is 41.6. The molecular formula is C13H18F3NO. The Morgan fingerprint density at radius 1 is 1.28 bits per heavy atom. The van der Waals surface area contributed by atoms with E-state index in [1.165, 1.54) is 0 Å². The van der Waals surface area contributed by atoms with Gasteiger partial charge in [0.25, 0.3) is 0 Å². The molecule has 102 valence electrons. The molecule has 0 aliphatic heterocycles. The van der Waals surface area contributed by atoms with Crippen molar-refractivity contribution < 1.29 is 17.9 Å². The number of alkyl halides is 3. The Morgan fingerprint density at radius 2 is 1.94 bits per heavy atom. The largest absolute Gasteiger partial charge is 0.391 e. The fourth-order valence-corrected chi connectivity index (χ4v) is 1.71. The monoisotopic (exact) mass is 261 g/mol. The molecule has 0 amide bonds. The summed E-state index contributed by atoms with van der Waals surface area (Å²) in [6.45, 7) is 2.10. The fourth-order valence-electron chi connectivity index (χ4n) is 1.71. The molecule has 1 rings (SSSR count). The molecule has 0 saturated heterocycles. The van der Waals surface area contributed by atoms with Gasteiger partial charge in [-0.2, -0.15) is 13.2 Å². The highest BCUT2D eigenvalue weighted by molar-refractivity contribution is 5.28. The van der Waals surface area contributed by atoms with E-state index in [1.54, 1.807) is 7.05 Å². The van der Waals surface area contributed by atoms with Crippen LogP contribution in [0, 0.1) is 6.92 Å². The number of ether oxygens (including phenoxy) is 1. The summed E-state index contributed by atoms with van der Waals surface area (Å²) >= 11 is 0. The molecule has 0 aromatic heterocycles. The lowest BCUT2D eigenvalue weighted by Crippen LogP contribution is -2.22. The third-order valence-corrected chi connectivity index (χ3v) is 2.63. The summed E-state index contributed by atoms with van der Waals surface area (Å²) in [7, 11) is 1.75. The van der Waals surface area contributed by atoms with Gasteiger partial charge in [0.15, 0.2) is 0 Å². The highest BCUT2D eigenvalue weighted by Gasteiger charge is 2.27. The van der Waals surface area contributed by atoms with E-state index in [0.29, 0.717) is 6.54 Å². The van der Waals surface area contributed by atoms with E-state index in [0.717, 1.165) is 11.1 Å². The third-order valence-electron chi connectivity index (χ3n) is 2.63. The van der Waals surface area contributed by atoms with Crippen molar-refractivity contribution in [1.82, 2.24) is 5.32 Å². The molecule has 1 aromatic rings. The second-order valence-electron chi connectivity index (χ2n) is 4.14. The normalized spacial score (nSPS) is 13.6. The molecule has 0 radical (unpaired) electrons. The van der Waals surface area contributed by atoms with Crippen molar-refractivity contribution in [2.45, 2.75) is 25.6 Å². The average molecular weight is 261 g/mol. The number of benzene rings is 1. The predicted molar refractivity (Wildman–Crippen MR) is 64.5 cm³/mol. The second-order valence-corrected chi connectivity index (χ2v) is 4.14. The Morgan fingerprint density at radius 3 is 2.50 bits per heavy atom. The van der Waals surface area contributed by atoms with E-state index >= 15 is 0 Å². The van der Waals surface area contributed by atoms with Crippen molar-refractivity contribution in [3.05, 3.63) is 35.4 Å². The zero-order valence-corrected chi connectivity index (χ0v) is 10.6. The van der Waals surface area contributed by atoms with Crippen LogP contribution in [-0.2, 0) is 4.74 Å². The van der Waals surface area contributed by atoms with Gasteiger partial charge >= 0.3 is 6.18 Å². The first-order chi connectivity index (χ1) is 8.44. The zero-order valence-electron chi connectivity index (χ0n) is 10.6. The number of nitrogens with one attached hydrogen (secondary N) is 1. The molecule has 1 aromatic carbocycles. The van der Waals surface area contributed by atoms with E-state index < -0.39 is 12.6 Å². The van der Waals surface area contributed by atoms with Gasteiger partial charge in [-0.15, -0.1) is 0 Å². The maximum atomic E-state index is 12.1. The first kappa shape index (κ1) is 15.0. The van der Waals surface area contributed by atoms with Crippen LogP contribution in [0.1, 0.15) is 23.7 Å². The molecule has 0 heterocycles. The molecule has 18 heavy (non-hydrogen) atoms. The summed E-state index contributed by atoms with van der Waals surface area (Å²) in [6, 6.07) is 7.55. The van der Waals surface area contributed by atoms with Crippen LogP contribution in [0.2, 0.25) is 0 Å². The standard InChI is InChI=1S/C13H18F3NO/c1-10-5-3-4-6-11(10)12(9-17-2)18-8-7-13(14,15)16/h3-6,12,17H,7-9H2,1-2H3. The van der Waals surface area contributed by atoms with Gasteiger partial charge < -0.3 is 10.1 Å². The van der Waals surface area contributed by atoms with Gasteiger partial charge in [-0.3, -0.25) is 0 Å². The Balaban J connectivity index is 2.63. The van der Waals surface area contributed by atoms with Crippen LogP contribution in [0.15, 0.2) is 24.3 Å². The molecule has 0 bridgehead atoms. The van der Waals surface area contributed by atoms with Crippen molar-refractivity contribution in [3.63, 3.8) is 0 Å². The number of likely N-dealkylation sites (N-methyl/N-ethyl adjacent to an activating group) is 1. The van der Waals surface area contributed by atoms with Crippen LogP contribution < -0.4 is 5.32 Å². The summed E-state index contributed by atoms with van der Waals surface area (Å²) in [4.78, 5) is 0. The maximum absolute atomic E-state index is 12.1. The fraction of sp³-hybridized carbons (Fsp3) is 0.538. The van der Waals surface area contributed by atoms with Gasteiger partial charge in [0, 0.05) is 6.54 Å². The molecule has 0 aliphatic carbocycles. The molecule has 1 atom stereocenters. The van der Waals surface area contributed by atoms with Crippen LogP contribution in [0.5, 0.6) is 0 Å². The van der Waals surface area contributed by atoms with Crippen LogP contribution in [0.4, 0.5) is 13.2 Å². The SMILES string of the molecule is CNCC(OCCC(F)(F)F)c1ccccc1C. The number of aryl methyl sites for hydroxylation is 1. The topological polar surface area (TPSA) is 21.3 Å². The minimum atomic E-state index is -4.17. The molecule has 2 nitrogen and oxygen atoms in total. The van der Waals surface area contributed by atoms with Gasteiger partial charge in [0.1, 0.15) is 0 Å². The van der Waals surface area contributed by atoms with E-state index in [2.05, 4.69) is 5.32 Å². The zero-order chi connectivity index (χ0) is 13.6. The highest BCUT2D eigenvalue weighted by atomic mass is 19.4. The summed E-state index contributed by atoms with van der Waals surface area (Å²) in [5, 5.41) is 2.93. The smallest absolute Gasteiger partial charge is 0.372 e. The molecule has 0 fully saturated rings. The minimum absolute atomic E-state index is 0.315. The highest BCUT2D eigenvalue weighted by Crippen LogP contribution is 2.24. The van der Waals surface area contributed by atoms with E-state index in [9.17, 15) is 13.2 Å². The lowest BCUT2D eigenvalue weighted by molar-refractivity contribution is -0.149. The van der Waals surface area contributed by atoms with E-state index in [1.807, 2.05) is 31.2 Å². The number of hydrogen-bond donors (Lipinski definition) is 1. The summed E-state index contributed by atoms with van der Waals surface area (Å²) in [5.41, 5.74) is 1.94. The minimum Gasteiger partial charge on any atom is -0.372 e. The van der Waals surface area contributed by atoms with Gasteiger partial charge in [0.05, 0.1) is 19.1 Å². The average Bonchev–Trinajstić information content (AvgIpc) is 2.27. The molecule has 0 spiro atoms. The van der Waals surface area contributed by atoms with Gasteiger partial charge in [-0.1, -0.05) is 24.3 Å². The Kier molecular flexibility index (Phi) is 5.62. The molecular weight excluding hydrogens is 243 g/mol. The Hall–Kier alpha value is -1.07. The van der Waals surface area contributed by atoms with Gasteiger partial charge in [0.2, 0.25) is 0 Å². The van der Waals surface area contributed by atoms with Gasteiger partial charge in [-0.25, -0.2) is 0 Å². The van der Waals surface area contributed by atoms with Crippen molar-refractivity contribution in [2.75, 3.05) is 20.2 Å². The van der Waals surface area contributed by atoms with E-state index in [4.69, 9.17) is 4.74 Å². The summed E-state index contributed by atoms with van der Waals surface area (Å²) in [6.07, 6.45) is -5.44. The molecule has 0 saturated carbocycles. The van der Waals surface area contributed by atoms with Crippen molar-refractivity contribution in [3.8, 4) is 0 Å². The maximum Gasteiger partial charge on any atom is 0.391 e. The molecule has 5 heteroatoms. The lowest BCUT2D eigenvalue weighted by Gasteiger charge is -2.20. The third kappa shape index (κ3) is 5.06. The molecule has 1 N–H and O–H groups in total. The Bertz CT molecular complexity index is 365. The lowest BCUT2D eigenvalue weighted by atomic mass is 10.0. The molecule has 0 aliphatic rings. The first-order valence-electron chi connectivity index (χ1n) is 5.82. The number of hydrogen-bond acceptors (Lipinski definition) is 2. The predicted octanol–water partition coefficient (Wildman–Crippen LogP) is 3.22. The van der Waals surface area contributed by atoms with Crippen LogP contribution in [-0.4, -0.2) is 26.4 Å². The van der Waals surface area contributed by atoms with Crippen molar-refractivity contribution >= 4 is 0 Å². The van der Waals surface area contributed by atoms with Crippen LogP contribution in [0.25, 0.3) is 0 Å². The molecule has 1 unspecified atom stereocenters. The number of rotatable bonds is 6. The number of halogens is 3. The van der Waals surface area contributed by atoms with Crippen molar-refractivity contribution in [2.24, 2.45) is 0 Å². The van der Waals surface area contributed by atoms with Gasteiger partial charge in [-0.05, 0) is 25.1 Å². The van der Waals surface area contributed by atoms with Crippen LogP contribution in [0.3, 0.4) is 0 Å². The summed E-state index contributed by atoms with van der Waals surface area (Å²) in [5.74, 6) is 0. The second kappa shape index (κ2) is 6.75. The Labute approximate surface area is 105 Å². The van der Waals surface area contributed by atoms with E-state index in [-0.39, 0.29) is 12.7 Å². The van der Waals surface area contributed by atoms with Crippen molar-refractivity contribution in [1.29, 1.82) is 0 Å². The quantitative estimate of drug-likeness (QED) is 0.849. The first-order valence-corrected chi connectivity index (χ1v) is 5.82.